The molecule has 1 aromatic heterocycles. The highest BCUT2D eigenvalue weighted by Crippen LogP contribution is 2.33. The summed E-state index contributed by atoms with van der Waals surface area (Å²) in [5, 5.41) is 14.4. The molecule has 0 saturated carbocycles. The molecule has 1 aliphatic rings. The van der Waals surface area contributed by atoms with E-state index in [0.29, 0.717) is 16.7 Å². The summed E-state index contributed by atoms with van der Waals surface area (Å²) in [6.07, 6.45) is 2.12. The third kappa shape index (κ3) is 3.57. The SMILES string of the molecule is CC(c1nc(-c2ccc(Cl)cc2)no1)N1CCCC(C)(CO)C1. The van der Waals surface area contributed by atoms with Gasteiger partial charge < -0.3 is 9.63 Å². The Kier molecular flexibility index (Phi) is 4.71. The summed E-state index contributed by atoms with van der Waals surface area (Å²) in [7, 11) is 0. The Morgan fingerprint density at radius 2 is 2.13 bits per heavy atom. The molecule has 1 saturated heterocycles. The molecule has 0 aliphatic carbocycles. The van der Waals surface area contributed by atoms with E-state index >= 15 is 0 Å². The minimum Gasteiger partial charge on any atom is -0.396 e. The number of hydrogen-bond acceptors (Lipinski definition) is 5. The van der Waals surface area contributed by atoms with Gasteiger partial charge in [-0.05, 0) is 50.6 Å². The molecule has 1 fully saturated rings. The van der Waals surface area contributed by atoms with Crippen LogP contribution < -0.4 is 0 Å². The first-order chi connectivity index (χ1) is 11.0. The molecule has 1 aromatic carbocycles. The van der Waals surface area contributed by atoms with Gasteiger partial charge in [-0.25, -0.2) is 0 Å². The first kappa shape index (κ1) is 16.4. The summed E-state index contributed by atoms with van der Waals surface area (Å²) >= 11 is 5.91. The maximum atomic E-state index is 9.61. The molecule has 0 bridgehead atoms. The Bertz CT molecular complexity index is 658. The van der Waals surface area contributed by atoms with E-state index in [2.05, 4.69) is 28.9 Å². The van der Waals surface area contributed by atoms with Crippen molar-refractivity contribution in [2.24, 2.45) is 5.41 Å². The van der Waals surface area contributed by atoms with Crippen molar-refractivity contribution in [2.45, 2.75) is 32.7 Å². The van der Waals surface area contributed by atoms with Crippen LogP contribution in [0.5, 0.6) is 0 Å². The number of aromatic nitrogens is 2. The van der Waals surface area contributed by atoms with Gasteiger partial charge >= 0.3 is 0 Å². The fraction of sp³-hybridized carbons (Fsp3) is 0.529. The van der Waals surface area contributed by atoms with Crippen LogP contribution in [0.1, 0.15) is 38.6 Å². The van der Waals surface area contributed by atoms with Crippen LogP contribution in [0.25, 0.3) is 11.4 Å². The van der Waals surface area contributed by atoms with Crippen LogP contribution in [0.4, 0.5) is 0 Å². The molecule has 1 N–H and O–H groups in total. The average Bonchev–Trinajstić information content (AvgIpc) is 3.05. The van der Waals surface area contributed by atoms with Crippen LogP contribution in [0, 0.1) is 5.41 Å². The van der Waals surface area contributed by atoms with E-state index in [4.69, 9.17) is 16.1 Å². The summed E-state index contributed by atoms with van der Waals surface area (Å²) in [5.74, 6) is 1.18. The maximum Gasteiger partial charge on any atom is 0.244 e. The average molecular weight is 336 g/mol. The van der Waals surface area contributed by atoms with E-state index < -0.39 is 0 Å². The number of rotatable bonds is 4. The predicted molar refractivity (Wildman–Crippen MR) is 89.2 cm³/mol. The Hall–Kier alpha value is -1.43. The van der Waals surface area contributed by atoms with Crippen LogP contribution in [-0.4, -0.2) is 39.8 Å². The zero-order chi connectivity index (χ0) is 16.4. The largest absolute Gasteiger partial charge is 0.396 e. The van der Waals surface area contributed by atoms with Gasteiger partial charge in [0.15, 0.2) is 0 Å². The molecule has 2 unspecified atom stereocenters. The minimum absolute atomic E-state index is 0.0368. The van der Waals surface area contributed by atoms with Gasteiger partial charge in [-0.3, -0.25) is 4.90 Å². The van der Waals surface area contributed by atoms with Crippen molar-refractivity contribution in [1.29, 1.82) is 0 Å². The Labute approximate surface area is 141 Å². The summed E-state index contributed by atoms with van der Waals surface area (Å²) in [6, 6.07) is 7.42. The van der Waals surface area contributed by atoms with Gasteiger partial charge in [0.05, 0.1) is 6.04 Å². The van der Waals surface area contributed by atoms with E-state index in [0.717, 1.165) is 31.5 Å². The van der Waals surface area contributed by atoms with Crippen molar-refractivity contribution in [3.05, 3.63) is 35.2 Å². The summed E-state index contributed by atoms with van der Waals surface area (Å²) in [5.41, 5.74) is 0.835. The van der Waals surface area contributed by atoms with Crippen LogP contribution in [0.2, 0.25) is 5.02 Å². The Balaban J connectivity index is 1.75. The van der Waals surface area contributed by atoms with Crippen molar-refractivity contribution in [1.82, 2.24) is 15.0 Å². The molecule has 6 heteroatoms. The van der Waals surface area contributed by atoms with E-state index in [-0.39, 0.29) is 18.1 Å². The zero-order valence-electron chi connectivity index (χ0n) is 13.5. The predicted octanol–water partition coefficient (Wildman–Crippen LogP) is 3.55. The Morgan fingerprint density at radius 3 is 2.83 bits per heavy atom. The van der Waals surface area contributed by atoms with Crippen molar-refractivity contribution in [3.8, 4) is 11.4 Å². The molecule has 3 rings (SSSR count). The fourth-order valence-electron chi connectivity index (χ4n) is 3.09. The molecular formula is C17H22ClN3O2. The molecule has 2 atom stereocenters. The lowest BCUT2D eigenvalue weighted by Crippen LogP contribution is -2.44. The van der Waals surface area contributed by atoms with Gasteiger partial charge in [0.2, 0.25) is 11.7 Å². The molecular weight excluding hydrogens is 314 g/mol. The maximum absolute atomic E-state index is 9.61. The molecule has 2 heterocycles. The van der Waals surface area contributed by atoms with Gasteiger partial charge in [0.1, 0.15) is 0 Å². The van der Waals surface area contributed by atoms with Crippen LogP contribution in [-0.2, 0) is 0 Å². The van der Waals surface area contributed by atoms with Crippen molar-refractivity contribution < 1.29 is 9.63 Å². The molecule has 0 radical (unpaired) electrons. The molecule has 1 aliphatic heterocycles. The number of nitrogens with zero attached hydrogens (tertiary/aromatic N) is 3. The van der Waals surface area contributed by atoms with Crippen LogP contribution >= 0.6 is 11.6 Å². The lowest BCUT2D eigenvalue weighted by Gasteiger charge is -2.41. The highest BCUT2D eigenvalue weighted by molar-refractivity contribution is 6.30. The smallest absolute Gasteiger partial charge is 0.244 e. The number of aliphatic hydroxyl groups excluding tert-OH is 1. The van der Waals surface area contributed by atoms with Crippen molar-refractivity contribution in [3.63, 3.8) is 0 Å². The number of likely N-dealkylation sites (tertiary alicyclic amines) is 1. The van der Waals surface area contributed by atoms with Crippen LogP contribution in [0.3, 0.4) is 0 Å². The number of aliphatic hydroxyl groups is 1. The lowest BCUT2D eigenvalue weighted by molar-refractivity contribution is 0.0211. The second-order valence-corrected chi connectivity index (χ2v) is 7.12. The Morgan fingerprint density at radius 1 is 1.39 bits per heavy atom. The third-order valence-corrected chi connectivity index (χ3v) is 4.89. The van der Waals surface area contributed by atoms with Crippen molar-refractivity contribution >= 4 is 11.6 Å². The summed E-state index contributed by atoms with van der Waals surface area (Å²) in [4.78, 5) is 6.84. The number of piperidine rings is 1. The van der Waals surface area contributed by atoms with Gasteiger partial charge in [-0.15, -0.1) is 0 Å². The molecule has 0 spiro atoms. The second-order valence-electron chi connectivity index (χ2n) is 6.68. The lowest BCUT2D eigenvalue weighted by atomic mass is 9.82. The van der Waals surface area contributed by atoms with E-state index in [1.54, 1.807) is 0 Å². The number of benzene rings is 1. The van der Waals surface area contributed by atoms with Gasteiger partial charge in [0, 0.05) is 29.2 Å². The fourth-order valence-corrected chi connectivity index (χ4v) is 3.22. The van der Waals surface area contributed by atoms with Gasteiger partial charge in [0.25, 0.3) is 0 Å². The molecule has 2 aromatic rings. The van der Waals surface area contributed by atoms with Crippen molar-refractivity contribution in [2.75, 3.05) is 19.7 Å². The molecule has 0 amide bonds. The number of hydrogen-bond donors (Lipinski definition) is 1. The van der Waals surface area contributed by atoms with Gasteiger partial charge in [-0.2, -0.15) is 4.98 Å². The standard InChI is InChI=1S/C17H22ClN3O2/c1-12(21-9-3-8-17(2,10-21)11-22)16-19-15(20-23-16)13-4-6-14(18)7-5-13/h4-7,12,22H,3,8-11H2,1-2H3. The first-order valence-corrected chi connectivity index (χ1v) is 8.33. The number of halogens is 1. The molecule has 5 nitrogen and oxygen atoms in total. The van der Waals surface area contributed by atoms with E-state index in [1.807, 2.05) is 24.3 Å². The monoisotopic (exact) mass is 335 g/mol. The summed E-state index contributed by atoms with van der Waals surface area (Å²) < 4.78 is 5.47. The van der Waals surface area contributed by atoms with E-state index in [1.165, 1.54) is 0 Å². The van der Waals surface area contributed by atoms with E-state index in [9.17, 15) is 5.11 Å². The molecule has 124 valence electrons. The molecule has 23 heavy (non-hydrogen) atoms. The third-order valence-electron chi connectivity index (χ3n) is 4.64. The van der Waals surface area contributed by atoms with Gasteiger partial charge in [-0.1, -0.05) is 23.7 Å². The zero-order valence-corrected chi connectivity index (χ0v) is 14.3. The second kappa shape index (κ2) is 6.59. The quantitative estimate of drug-likeness (QED) is 0.925. The highest BCUT2D eigenvalue weighted by Gasteiger charge is 2.34. The normalized spacial score (nSPS) is 23.8. The van der Waals surface area contributed by atoms with Crippen LogP contribution in [0.15, 0.2) is 28.8 Å². The minimum atomic E-state index is -0.0501. The topological polar surface area (TPSA) is 62.4 Å². The highest BCUT2D eigenvalue weighted by atomic mass is 35.5. The first-order valence-electron chi connectivity index (χ1n) is 7.95. The summed E-state index contributed by atoms with van der Waals surface area (Å²) in [6.45, 7) is 6.22.